The van der Waals surface area contributed by atoms with E-state index in [1.165, 1.54) is 5.56 Å². The van der Waals surface area contributed by atoms with Crippen LogP contribution in [0.2, 0.25) is 0 Å². The van der Waals surface area contributed by atoms with Crippen LogP contribution in [-0.2, 0) is 20.4 Å². The zero-order valence-corrected chi connectivity index (χ0v) is 23.0. The Balaban J connectivity index is 1.50. The first-order valence-corrected chi connectivity index (χ1v) is 12.7. The minimum absolute atomic E-state index is 0.00592. The van der Waals surface area contributed by atoms with Crippen molar-refractivity contribution >= 4 is 28.8 Å². The molecule has 5 rings (SSSR count). The number of aliphatic hydroxyl groups is 1. The lowest BCUT2D eigenvalue weighted by Crippen LogP contribution is -2.31. The Bertz CT molecular complexity index is 1580. The van der Waals surface area contributed by atoms with Gasteiger partial charge in [-0.2, -0.15) is 4.58 Å². The molecule has 1 N–H and O–H groups in total. The first-order chi connectivity index (χ1) is 17.8. The molecular formula is C32H33N2O4+. The molecule has 2 aromatic rings. The van der Waals surface area contributed by atoms with Crippen LogP contribution in [0, 0.1) is 0 Å². The lowest BCUT2D eigenvalue weighted by atomic mass is 9.77. The van der Waals surface area contributed by atoms with E-state index in [9.17, 15) is 14.7 Å². The number of hydrogen-bond donors (Lipinski definition) is 1. The zero-order valence-electron chi connectivity index (χ0n) is 23.0. The monoisotopic (exact) mass is 509 g/mol. The molecule has 0 radical (unpaired) electrons. The highest BCUT2D eigenvalue weighted by Crippen LogP contribution is 2.49. The van der Waals surface area contributed by atoms with Gasteiger partial charge in [-0.15, -0.1) is 0 Å². The Hall–Kier alpha value is -4.19. The molecule has 2 heterocycles. The zero-order chi connectivity index (χ0) is 27.7. The van der Waals surface area contributed by atoms with E-state index in [2.05, 4.69) is 37.1 Å². The van der Waals surface area contributed by atoms with Gasteiger partial charge < -0.3 is 14.7 Å². The number of esters is 1. The van der Waals surface area contributed by atoms with E-state index in [0.29, 0.717) is 22.5 Å². The maximum absolute atomic E-state index is 13.3. The lowest BCUT2D eigenvalue weighted by Gasteiger charge is -2.27. The number of aliphatic hydroxyl groups excluding tert-OH is 1. The van der Waals surface area contributed by atoms with Crippen LogP contribution in [0.4, 0.5) is 11.4 Å². The fourth-order valence-corrected chi connectivity index (χ4v) is 5.77. The molecule has 3 aliphatic rings. The van der Waals surface area contributed by atoms with E-state index in [1.54, 1.807) is 19.1 Å². The van der Waals surface area contributed by atoms with Crippen molar-refractivity contribution in [1.82, 2.24) is 0 Å². The maximum Gasteiger partial charge on any atom is 0.338 e. The number of fused-ring (bicyclic) bond motifs is 2. The molecule has 0 amide bonds. The number of allylic oxidation sites excluding steroid dienone is 5. The molecule has 0 saturated heterocycles. The van der Waals surface area contributed by atoms with Gasteiger partial charge in [0.1, 0.15) is 18.6 Å². The molecule has 0 atom stereocenters. The number of nitrogens with zero attached hydrogens (tertiary/aromatic N) is 2. The topological polar surface area (TPSA) is 69.8 Å². The van der Waals surface area contributed by atoms with E-state index in [-0.39, 0.29) is 17.0 Å². The third-order valence-electron chi connectivity index (χ3n) is 8.07. The summed E-state index contributed by atoms with van der Waals surface area (Å²) in [6, 6.07) is 13.7. The number of ketones is 1. The minimum Gasteiger partial charge on any atom is -0.506 e. The first-order valence-electron chi connectivity index (χ1n) is 12.7. The second-order valence-corrected chi connectivity index (χ2v) is 11.3. The Morgan fingerprint density at radius 2 is 1.74 bits per heavy atom. The second kappa shape index (κ2) is 8.42. The number of likely N-dealkylation sites (N-methyl/N-ethyl adjacent to an activating group) is 1. The summed E-state index contributed by atoms with van der Waals surface area (Å²) in [7, 11) is 3.92. The van der Waals surface area contributed by atoms with Crippen molar-refractivity contribution in [3.05, 3.63) is 100 Å². The van der Waals surface area contributed by atoms with Crippen LogP contribution >= 0.6 is 0 Å². The predicted molar refractivity (Wildman–Crippen MR) is 149 cm³/mol. The van der Waals surface area contributed by atoms with Crippen LogP contribution in [0.1, 0.15) is 45.7 Å². The molecule has 1 aliphatic carbocycles. The summed E-state index contributed by atoms with van der Waals surface area (Å²) in [5, 5.41) is 11.0. The van der Waals surface area contributed by atoms with Gasteiger partial charge in [-0.3, -0.25) is 4.79 Å². The van der Waals surface area contributed by atoms with Gasteiger partial charge >= 0.3 is 5.97 Å². The molecule has 6 heteroatoms. The third-order valence-corrected chi connectivity index (χ3v) is 8.07. The van der Waals surface area contributed by atoms with Crippen molar-refractivity contribution in [2.24, 2.45) is 0 Å². The number of para-hydroxylation sites is 1. The fraction of sp³-hybridized carbons (Fsp3) is 0.281. The summed E-state index contributed by atoms with van der Waals surface area (Å²) in [6.45, 7) is 13.6. The summed E-state index contributed by atoms with van der Waals surface area (Å²) in [5.74, 6) is -0.213. The molecule has 38 heavy (non-hydrogen) atoms. The third kappa shape index (κ3) is 3.58. The van der Waals surface area contributed by atoms with E-state index in [0.717, 1.165) is 28.3 Å². The van der Waals surface area contributed by atoms with E-state index < -0.39 is 11.4 Å². The second-order valence-electron chi connectivity index (χ2n) is 11.3. The summed E-state index contributed by atoms with van der Waals surface area (Å²) >= 11 is 0. The van der Waals surface area contributed by atoms with E-state index in [4.69, 9.17) is 4.74 Å². The van der Waals surface area contributed by atoms with Gasteiger partial charge in [0, 0.05) is 47.1 Å². The molecule has 0 fully saturated rings. The maximum atomic E-state index is 13.3. The highest BCUT2D eigenvalue weighted by atomic mass is 16.5. The van der Waals surface area contributed by atoms with Crippen molar-refractivity contribution in [3.63, 3.8) is 0 Å². The fourth-order valence-electron chi connectivity index (χ4n) is 5.77. The number of Topliss-reactive ketones (excluding diaryl/α,β-unsaturated/α-hetero) is 1. The van der Waals surface area contributed by atoms with Gasteiger partial charge in [0.2, 0.25) is 11.5 Å². The number of benzene rings is 2. The number of carbonyl (C=O) groups is 2. The van der Waals surface area contributed by atoms with Crippen molar-refractivity contribution in [2.45, 2.75) is 45.4 Å². The summed E-state index contributed by atoms with van der Waals surface area (Å²) in [4.78, 5) is 27.4. The summed E-state index contributed by atoms with van der Waals surface area (Å²) in [6.07, 6.45) is 3.59. The van der Waals surface area contributed by atoms with Crippen LogP contribution in [0.15, 0.2) is 89.4 Å². The Morgan fingerprint density at radius 1 is 1.05 bits per heavy atom. The smallest absolute Gasteiger partial charge is 0.338 e. The van der Waals surface area contributed by atoms with Gasteiger partial charge in [0.15, 0.2) is 5.71 Å². The number of ether oxygens (including phenoxy) is 1. The van der Waals surface area contributed by atoms with Crippen molar-refractivity contribution in [3.8, 4) is 5.75 Å². The molecule has 194 valence electrons. The standard InChI is InChI=1S/C32H32N2O4/c1-18(2)30(37)38-19-13-14-25-23(15-19)32(5,6)27(34(25)8)17-21-28(35)20(29(21)36)16-26-31(3,4)22-11-9-10-12-24(22)33(26)7/h9-17H,1H2,2-8H3/p+1. The van der Waals surface area contributed by atoms with Crippen LogP contribution in [0.25, 0.3) is 0 Å². The summed E-state index contributed by atoms with van der Waals surface area (Å²) < 4.78 is 7.53. The van der Waals surface area contributed by atoms with Gasteiger partial charge in [-0.25, -0.2) is 4.79 Å². The van der Waals surface area contributed by atoms with E-state index >= 15 is 0 Å². The molecule has 0 unspecified atom stereocenters. The van der Waals surface area contributed by atoms with Gasteiger partial charge in [0.05, 0.1) is 16.6 Å². The van der Waals surface area contributed by atoms with Crippen molar-refractivity contribution < 1.29 is 24.0 Å². The molecule has 0 spiro atoms. The van der Waals surface area contributed by atoms with Crippen LogP contribution < -0.4 is 9.64 Å². The minimum atomic E-state index is -0.493. The summed E-state index contributed by atoms with van der Waals surface area (Å²) in [5.41, 5.74) is 6.17. The average Bonchev–Trinajstić information content (AvgIpc) is 3.18. The first kappa shape index (κ1) is 25.5. The largest absolute Gasteiger partial charge is 0.506 e. The predicted octanol–water partition coefficient (Wildman–Crippen LogP) is 5.81. The number of anilines is 1. The Morgan fingerprint density at radius 3 is 2.37 bits per heavy atom. The van der Waals surface area contributed by atoms with Gasteiger partial charge in [-0.05, 0) is 50.6 Å². The van der Waals surface area contributed by atoms with Crippen LogP contribution in [-0.4, -0.2) is 41.2 Å². The normalized spacial score (nSPS) is 21.1. The molecule has 2 aliphatic heterocycles. The SMILES string of the molecule is C=C(C)C(=O)Oc1ccc2c(c1)C(C)(C)C(=CC1=C(O)C(=CC3=[N+](C)c4ccccc4C3(C)C)C1=O)N2C. The molecule has 2 aromatic carbocycles. The lowest BCUT2D eigenvalue weighted by molar-refractivity contribution is -0.401. The molecular weight excluding hydrogens is 476 g/mol. The quantitative estimate of drug-likeness (QED) is 0.244. The molecule has 0 bridgehead atoms. The number of rotatable bonds is 4. The Labute approximate surface area is 223 Å². The highest BCUT2D eigenvalue weighted by Gasteiger charge is 2.46. The molecule has 6 nitrogen and oxygen atoms in total. The van der Waals surface area contributed by atoms with Gasteiger partial charge in [-0.1, -0.05) is 38.6 Å². The highest BCUT2D eigenvalue weighted by molar-refractivity contribution is 6.24. The average molecular weight is 510 g/mol. The molecule has 0 aromatic heterocycles. The van der Waals surface area contributed by atoms with E-state index in [1.807, 2.05) is 63.2 Å². The van der Waals surface area contributed by atoms with Crippen LogP contribution in [0.3, 0.4) is 0 Å². The Kier molecular flexibility index (Phi) is 5.64. The molecule has 0 saturated carbocycles. The van der Waals surface area contributed by atoms with Crippen LogP contribution in [0.5, 0.6) is 5.75 Å². The van der Waals surface area contributed by atoms with Gasteiger partial charge in [0.25, 0.3) is 0 Å². The number of carbonyl (C=O) groups excluding carboxylic acids is 2. The van der Waals surface area contributed by atoms with Crippen molar-refractivity contribution in [2.75, 3.05) is 19.0 Å². The van der Waals surface area contributed by atoms with Crippen molar-refractivity contribution in [1.29, 1.82) is 0 Å². The number of hydrogen-bond acceptors (Lipinski definition) is 5.